The predicted octanol–water partition coefficient (Wildman–Crippen LogP) is 5.04. The SMILES string of the molecule is CCCCCCCC(O)c1ccc(Cl)cc1C. The minimum Gasteiger partial charge on any atom is -0.388 e. The number of hydrogen-bond donors (Lipinski definition) is 1. The molecule has 2 heteroatoms. The van der Waals surface area contributed by atoms with Gasteiger partial charge in [0.25, 0.3) is 0 Å². The fraction of sp³-hybridized carbons (Fsp3) is 0.600. The van der Waals surface area contributed by atoms with Crippen LogP contribution in [-0.4, -0.2) is 5.11 Å². The van der Waals surface area contributed by atoms with Gasteiger partial charge in [0.1, 0.15) is 0 Å². The Balaban J connectivity index is 2.38. The number of hydrogen-bond acceptors (Lipinski definition) is 1. The van der Waals surface area contributed by atoms with Gasteiger partial charge in [-0.05, 0) is 36.6 Å². The third-order valence-electron chi connectivity index (χ3n) is 3.17. The molecule has 0 radical (unpaired) electrons. The van der Waals surface area contributed by atoms with Crippen LogP contribution in [0.4, 0.5) is 0 Å². The Hall–Kier alpha value is -0.530. The maximum absolute atomic E-state index is 10.1. The first-order valence-electron chi connectivity index (χ1n) is 6.59. The molecule has 0 saturated carbocycles. The number of rotatable bonds is 7. The molecule has 0 aliphatic heterocycles. The smallest absolute Gasteiger partial charge is 0.0792 e. The summed E-state index contributed by atoms with van der Waals surface area (Å²) < 4.78 is 0. The van der Waals surface area contributed by atoms with E-state index in [2.05, 4.69) is 6.92 Å². The largest absolute Gasteiger partial charge is 0.388 e. The molecule has 0 aliphatic rings. The average molecular weight is 255 g/mol. The molecule has 1 aromatic carbocycles. The van der Waals surface area contributed by atoms with Gasteiger partial charge in [0.15, 0.2) is 0 Å². The van der Waals surface area contributed by atoms with Crippen LogP contribution in [0.2, 0.25) is 5.02 Å². The summed E-state index contributed by atoms with van der Waals surface area (Å²) in [6, 6.07) is 5.70. The Morgan fingerprint density at radius 3 is 2.53 bits per heavy atom. The van der Waals surface area contributed by atoms with Gasteiger partial charge in [0.05, 0.1) is 6.10 Å². The Kier molecular flexibility index (Phi) is 6.61. The Labute approximate surface area is 110 Å². The van der Waals surface area contributed by atoms with Crippen molar-refractivity contribution >= 4 is 11.6 Å². The van der Waals surface area contributed by atoms with Gasteiger partial charge in [0, 0.05) is 5.02 Å². The van der Waals surface area contributed by atoms with E-state index in [1.54, 1.807) is 0 Å². The summed E-state index contributed by atoms with van der Waals surface area (Å²) in [4.78, 5) is 0. The van der Waals surface area contributed by atoms with Crippen LogP contribution in [0.3, 0.4) is 0 Å². The van der Waals surface area contributed by atoms with Crippen molar-refractivity contribution < 1.29 is 5.11 Å². The third kappa shape index (κ3) is 5.10. The van der Waals surface area contributed by atoms with Crippen molar-refractivity contribution in [3.63, 3.8) is 0 Å². The zero-order valence-corrected chi connectivity index (χ0v) is 11.6. The van der Waals surface area contributed by atoms with Gasteiger partial charge in [-0.15, -0.1) is 0 Å². The number of aliphatic hydroxyl groups excluding tert-OH is 1. The first-order chi connectivity index (χ1) is 8.15. The number of unbranched alkanes of at least 4 members (excludes halogenated alkanes) is 4. The zero-order valence-electron chi connectivity index (χ0n) is 10.9. The van der Waals surface area contributed by atoms with Crippen molar-refractivity contribution in [3.8, 4) is 0 Å². The maximum atomic E-state index is 10.1. The monoisotopic (exact) mass is 254 g/mol. The van der Waals surface area contributed by atoms with E-state index < -0.39 is 0 Å². The molecule has 1 nitrogen and oxygen atoms in total. The molecule has 0 bridgehead atoms. The second kappa shape index (κ2) is 7.73. The highest BCUT2D eigenvalue weighted by Crippen LogP contribution is 2.25. The molecule has 0 heterocycles. The van der Waals surface area contributed by atoms with E-state index in [4.69, 9.17) is 11.6 Å². The first kappa shape index (κ1) is 14.5. The van der Waals surface area contributed by atoms with Crippen molar-refractivity contribution in [3.05, 3.63) is 34.3 Å². The van der Waals surface area contributed by atoms with Crippen LogP contribution in [0.15, 0.2) is 18.2 Å². The molecule has 96 valence electrons. The predicted molar refractivity (Wildman–Crippen MR) is 74.5 cm³/mol. The van der Waals surface area contributed by atoms with E-state index in [1.165, 1.54) is 25.7 Å². The molecule has 0 aliphatic carbocycles. The lowest BCUT2D eigenvalue weighted by atomic mass is 9.98. The lowest BCUT2D eigenvalue weighted by molar-refractivity contribution is 0.162. The molecule has 1 N–H and O–H groups in total. The van der Waals surface area contributed by atoms with E-state index in [1.807, 2.05) is 25.1 Å². The normalized spacial score (nSPS) is 12.7. The molecule has 0 fully saturated rings. The molecular weight excluding hydrogens is 232 g/mol. The van der Waals surface area contributed by atoms with Gasteiger partial charge in [-0.1, -0.05) is 56.7 Å². The average Bonchev–Trinajstić information content (AvgIpc) is 2.28. The van der Waals surface area contributed by atoms with E-state index in [9.17, 15) is 5.11 Å². The number of halogens is 1. The molecule has 1 atom stereocenters. The molecule has 0 aromatic heterocycles. The van der Waals surface area contributed by atoms with Gasteiger partial charge in [-0.3, -0.25) is 0 Å². The maximum Gasteiger partial charge on any atom is 0.0792 e. The summed E-state index contributed by atoms with van der Waals surface area (Å²) in [7, 11) is 0. The van der Waals surface area contributed by atoms with Crippen molar-refractivity contribution in [1.82, 2.24) is 0 Å². The van der Waals surface area contributed by atoms with Crippen LogP contribution < -0.4 is 0 Å². The van der Waals surface area contributed by atoms with Crippen molar-refractivity contribution in [1.29, 1.82) is 0 Å². The third-order valence-corrected chi connectivity index (χ3v) is 3.41. The Morgan fingerprint density at radius 1 is 1.18 bits per heavy atom. The number of aryl methyl sites for hydroxylation is 1. The molecule has 0 saturated heterocycles. The van der Waals surface area contributed by atoms with Crippen LogP contribution >= 0.6 is 11.6 Å². The van der Waals surface area contributed by atoms with Crippen LogP contribution in [0.1, 0.15) is 62.7 Å². The standard InChI is InChI=1S/C15H23ClO/c1-3-4-5-6-7-8-15(17)14-10-9-13(16)11-12(14)2/h9-11,15,17H,3-8H2,1-2H3. The lowest BCUT2D eigenvalue weighted by Gasteiger charge is -2.13. The minimum absolute atomic E-state index is 0.339. The molecule has 1 rings (SSSR count). The van der Waals surface area contributed by atoms with Crippen LogP contribution in [0.5, 0.6) is 0 Å². The van der Waals surface area contributed by atoms with Gasteiger partial charge in [-0.25, -0.2) is 0 Å². The number of benzene rings is 1. The van der Waals surface area contributed by atoms with Crippen molar-refractivity contribution in [2.75, 3.05) is 0 Å². The molecule has 1 aromatic rings. The fourth-order valence-corrected chi connectivity index (χ4v) is 2.34. The Morgan fingerprint density at radius 2 is 1.88 bits per heavy atom. The highest BCUT2D eigenvalue weighted by atomic mass is 35.5. The summed E-state index contributed by atoms with van der Waals surface area (Å²) in [5, 5.41) is 10.8. The van der Waals surface area contributed by atoms with Gasteiger partial charge in [-0.2, -0.15) is 0 Å². The zero-order chi connectivity index (χ0) is 12.7. The van der Waals surface area contributed by atoms with Crippen LogP contribution in [0, 0.1) is 6.92 Å². The van der Waals surface area contributed by atoms with E-state index in [0.717, 1.165) is 29.0 Å². The summed E-state index contributed by atoms with van der Waals surface area (Å²) in [5.41, 5.74) is 2.10. The molecular formula is C15H23ClO. The van der Waals surface area contributed by atoms with E-state index >= 15 is 0 Å². The number of aliphatic hydroxyl groups is 1. The summed E-state index contributed by atoms with van der Waals surface area (Å²) in [6.07, 6.45) is 6.68. The minimum atomic E-state index is -0.339. The summed E-state index contributed by atoms with van der Waals surface area (Å²) >= 11 is 5.90. The van der Waals surface area contributed by atoms with Gasteiger partial charge < -0.3 is 5.11 Å². The summed E-state index contributed by atoms with van der Waals surface area (Å²) in [5.74, 6) is 0. The van der Waals surface area contributed by atoms with Crippen molar-refractivity contribution in [2.24, 2.45) is 0 Å². The Bertz CT molecular complexity index is 336. The van der Waals surface area contributed by atoms with E-state index in [0.29, 0.717) is 0 Å². The molecule has 1 unspecified atom stereocenters. The second-order valence-corrected chi connectivity index (χ2v) is 5.16. The lowest BCUT2D eigenvalue weighted by Crippen LogP contribution is -2.00. The summed E-state index contributed by atoms with van der Waals surface area (Å²) in [6.45, 7) is 4.22. The van der Waals surface area contributed by atoms with Crippen molar-refractivity contribution in [2.45, 2.75) is 58.5 Å². The fourth-order valence-electron chi connectivity index (χ4n) is 2.11. The quantitative estimate of drug-likeness (QED) is 0.676. The van der Waals surface area contributed by atoms with Gasteiger partial charge >= 0.3 is 0 Å². The van der Waals surface area contributed by atoms with Crippen LogP contribution in [-0.2, 0) is 0 Å². The molecule has 17 heavy (non-hydrogen) atoms. The first-order valence-corrected chi connectivity index (χ1v) is 6.97. The molecule has 0 spiro atoms. The highest BCUT2D eigenvalue weighted by Gasteiger charge is 2.09. The topological polar surface area (TPSA) is 20.2 Å². The molecule has 0 amide bonds. The van der Waals surface area contributed by atoms with E-state index in [-0.39, 0.29) is 6.10 Å². The van der Waals surface area contributed by atoms with Gasteiger partial charge in [0.2, 0.25) is 0 Å². The van der Waals surface area contributed by atoms with Crippen LogP contribution in [0.25, 0.3) is 0 Å². The second-order valence-electron chi connectivity index (χ2n) is 4.72. The highest BCUT2D eigenvalue weighted by molar-refractivity contribution is 6.30.